The second-order valence-corrected chi connectivity index (χ2v) is 10.9. The van der Waals surface area contributed by atoms with Crippen molar-refractivity contribution in [1.29, 1.82) is 5.26 Å². The van der Waals surface area contributed by atoms with E-state index >= 15 is 0 Å². The molecular formula is C30H36N4O4. The number of hydrogen-bond acceptors (Lipinski definition) is 6. The summed E-state index contributed by atoms with van der Waals surface area (Å²) in [5.41, 5.74) is 3.60. The zero-order chi connectivity index (χ0) is 27.0. The molecule has 0 saturated carbocycles. The number of aromatic carboxylic acids is 1. The Morgan fingerprint density at radius 3 is 2.45 bits per heavy atom. The Hall–Kier alpha value is -3.54. The normalized spacial score (nSPS) is 17.6. The molecular weight excluding hydrogens is 480 g/mol. The molecule has 2 aliphatic rings. The molecule has 0 amide bonds. The van der Waals surface area contributed by atoms with Crippen LogP contribution in [0.5, 0.6) is 0 Å². The molecule has 8 nitrogen and oxygen atoms in total. The van der Waals surface area contributed by atoms with E-state index in [4.69, 9.17) is 4.74 Å². The second-order valence-electron chi connectivity index (χ2n) is 10.9. The number of benzene rings is 2. The first-order valence-electron chi connectivity index (χ1n) is 13.5. The molecule has 8 heteroatoms. The molecule has 2 aromatic carbocycles. The van der Waals surface area contributed by atoms with Gasteiger partial charge >= 0.3 is 5.97 Å². The van der Waals surface area contributed by atoms with E-state index in [9.17, 15) is 20.4 Å². The van der Waals surface area contributed by atoms with Crippen LogP contribution in [0.1, 0.15) is 66.4 Å². The van der Waals surface area contributed by atoms with Gasteiger partial charge in [0.05, 0.1) is 41.6 Å². The Labute approximate surface area is 223 Å². The Morgan fingerprint density at radius 2 is 1.82 bits per heavy atom. The van der Waals surface area contributed by atoms with Gasteiger partial charge in [-0.15, -0.1) is 0 Å². The van der Waals surface area contributed by atoms with Crippen molar-refractivity contribution in [2.24, 2.45) is 0 Å². The van der Waals surface area contributed by atoms with Gasteiger partial charge < -0.3 is 20.0 Å². The number of rotatable bonds is 6. The fraction of sp³-hybridized carbons (Fsp3) is 0.467. The van der Waals surface area contributed by atoms with Crippen LogP contribution < -0.4 is 4.90 Å². The highest BCUT2D eigenvalue weighted by Gasteiger charge is 2.36. The molecule has 0 unspecified atom stereocenters. The number of carboxylic acid groups (broad SMARTS) is 1. The summed E-state index contributed by atoms with van der Waals surface area (Å²) < 4.78 is 6.49. The molecule has 0 aliphatic carbocycles. The first-order chi connectivity index (χ1) is 18.3. The van der Waals surface area contributed by atoms with Crippen LogP contribution in [0, 0.1) is 11.3 Å². The molecule has 38 heavy (non-hydrogen) atoms. The number of aryl methyl sites for hydroxylation is 1. The molecule has 3 heterocycles. The molecule has 2 saturated heterocycles. The van der Waals surface area contributed by atoms with Crippen LogP contribution >= 0.6 is 0 Å². The lowest BCUT2D eigenvalue weighted by Gasteiger charge is -2.41. The van der Waals surface area contributed by atoms with Crippen molar-refractivity contribution in [3.63, 3.8) is 0 Å². The Balaban J connectivity index is 1.51. The van der Waals surface area contributed by atoms with Crippen molar-refractivity contribution in [1.82, 2.24) is 9.63 Å². The maximum atomic E-state index is 12.4. The second kappa shape index (κ2) is 10.3. The van der Waals surface area contributed by atoms with Crippen LogP contribution in [0.3, 0.4) is 0 Å². The van der Waals surface area contributed by atoms with E-state index in [-0.39, 0.29) is 5.56 Å². The Bertz CT molecular complexity index is 1390. The number of carbonyl (C=O) groups is 1. The summed E-state index contributed by atoms with van der Waals surface area (Å²) in [5.74, 6) is -1.11. The third-order valence-corrected chi connectivity index (χ3v) is 8.43. The summed E-state index contributed by atoms with van der Waals surface area (Å²) in [4.78, 5) is 17.5. The van der Waals surface area contributed by atoms with E-state index in [1.165, 1.54) is 17.3 Å². The minimum atomic E-state index is -1.11. The number of morpholine rings is 1. The van der Waals surface area contributed by atoms with E-state index in [0.717, 1.165) is 68.9 Å². The highest BCUT2D eigenvalue weighted by atomic mass is 16.5. The van der Waals surface area contributed by atoms with Gasteiger partial charge in [0.2, 0.25) is 0 Å². The Kier molecular flexibility index (Phi) is 7.08. The highest BCUT2D eigenvalue weighted by molar-refractivity contribution is 6.05. The van der Waals surface area contributed by atoms with Crippen LogP contribution in [0.2, 0.25) is 0 Å². The van der Waals surface area contributed by atoms with Crippen molar-refractivity contribution >= 4 is 22.6 Å². The highest BCUT2D eigenvalue weighted by Crippen LogP contribution is 2.41. The van der Waals surface area contributed by atoms with E-state index in [1.54, 1.807) is 12.1 Å². The molecule has 1 aromatic heterocycles. The fourth-order valence-electron chi connectivity index (χ4n) is 6.23. The zero-order valence-electron chi connectivity index (χ0n) is 22.4. The summed E-state index contributed by atoms with van der Waals surface area (Å²) >= 11 is 0. The third-order valence-electron chi connectivity index (χ3n) is 8.43. The van der Waals surface area contributed by atoms with Crippen LogP contribution in [0.25, 0.3) is 10.9 Å². The van der Waals surface area contributed by atoms with Crippen LogP contribution in [0.15, 0.2) is 36.4 Å². The van der Waals surface area contributed by atoms with Gasteiger partial charge in [0.1, 0.15) is 0 Å². The largest absolute Gasteiger partial charge is 0.478 e. The number of nitrogens with zero attached hydrogens (tertiary/aromatic N) is 4. The number of nitriles is 1. The van der Waals surface area contributed by atoms with E-state index in [0.29, 0.717) is 28.2 Å². The van der Waals surface area contributed by atoms with Gasteiger partial charge in [0, 0.05) is 48.7 Å². The number of ether oxygens (including phenoxy) is 1. The van der Waals surface area contributed by atoms with Crippen LogP contribution in [-0.2, 0) is 16.6 Å². The third kappa shape index (κ3) is 4.50. The van der Waals surface area contributed by atoms with Crippen LogP contribution in [-0.4, -0.2) is 71.3 Å². The fourth-order valence-corrected chi connectivity index (χ4v) is 6.23. The maximum Gasteiger partial charge on any atom is 0.338 e. The van der Waals surface area contributed by atoms with Gasteiger partial charge in [0.15, 0.2) is 0 Å². The average molecular weight is 517 g/mol. The molecule has 3 aromatic rings. The standard InChI is InChI=1S/C30H36N4O4/c1-4-21-6-7-22(18-25(21)33-11-9-23(10-12-33)32-13-15-38-16-14-32)30(2,3)28-27(29(35)36)24-8-5-20(19-31)17-26(24)34(28)37/h5-8,17-18,23,37H,4,9-16H2,1-3H3,(H,35,36). The van der Waals surface area contributed by atoms with E-state index in [2.05, 4.69) is 34.9 Å². The smallest absolute Gasteiger partial charge is 0.338 e. The summed E-state index contributed by atoms with van der Waals surface area (Å²) in [6, 6.07) is 13.7. The van der Waals surface area contributed by atoms with Crippen molar-refractivity contribution in [2.45, 2.75) is 51.5 Å². The van der Waals surface area contributed by atoms with Gasteiger partial charge in [-0.1, -0.05) is 39.0 Å². The topological polar surface area (TPSA) is 102 Å². The van der Waals surface area contributed by atoms with Crippen molar-refractivity contribution in [3.8, 4) is 6.07 Å². The summed E-state index contributed by atoms with van der Waals surface area (Å²) in [5, 5.41) is 31.2. The molecule has 2 fully saturated rings. The molecule has 0 spiro atoms. The molecule has 2 N–H and O–H groups in total. The molecule has 0 radical (unpaired) electrons. The monoisotopic (exact) mass is 516 g/mol. The minimum absolute atomic E-state index is 0.0597. The molecule has 0 bridgehead atoms. The lowest BCUT2D eigenvalue weighted by molar-refractivity contribution is 0.0115. The number of aromatic nitrogens is 1. The minimum Gasteiger partial charge on any atom is -0.478 e. The maximum absolute atomic E-state index is 12.4. The van der Waals surface area contributed by atoms with Gasteiger partial charge in [0.25, 0.3) is 0 Å². The van der Waals surface area contributed by atoms with Gasteiger partial charge in [-0.3, -0.25) is 4.90 Å². The summed E-state index contributed by atoms with van der Waals surface area (Å²) in [6.07, 6.45) is 3.11. The predicted molar refractivity (Wildman–Crippen MR) is 146 cm³/mol. The number of carboxylic acids is 1. The van der Waals surface area contributed by atoms with Crippen LogP contribution in [0.4, 0.5) is 5.69 Å². The van der Waals surface area contributed by atoms with Crippen molar-refractivity contribution < 1.29 is 19.8 Å². The van der Waals surface area contributed by atoms with Crippen molar-refractivity contribution in [2.75, 3.05) is 44.3 Å². The lowest BCUT2D eigenvalue weighted by atomic mass is 9.78. The Morgan fingerprint density at radius 1 is 1.11 bits per heavy atom. The molecule has 2 aliphatic heterocycles. The van der Waals surface area contributed by atoms with Crippen molar-refractivity contribution in [3.05, 3.63) is 64.3 Å². The van der Waals surface area contributed by atoms with Gasteiger partial charge in [-0.2, -0.15) is 9.99 Å². The zero-order valence-corrected chi connectivity index (χ0v) is 22.4. The number of hydrogen-bond donors (Lipinski definition) is 2. The summed E-state index contributed by atoms with van der Waals surface area (Å²) in [6.45, 7) is 11.6. The SMILES string of the molecule is CCc1ccc(C(C)(C)c2c(C(=O)O)c3ccc(C#N)cc3n2O)cc1N1CCC(N2CCOCC2)CC1. The van der Waals surface area contributed by atoms with E-state index < -0.39 is 11.4 Å². The molecule has 200 valence electrons. The number of piperidine rings is 1. The quantitative estimate of drug-likeness (QED) is 0.460. The number of anilines is 1. The first-order valence-corrected chi connectivity index (χ1v) is 13.5. The first kappa shape index (κ1) is 26.1. The lowest BCUT2D eigenvalue weighted by Crippen LogP contribution is -2.49. The van der Waals surface area contributed by atoms with Gasteiger partial charge in [-0.05, 0) is 48.6 Å². The molecule has 0 atom stereocenters. The molecule has 5 rings (SSSR count). The number of fused-ring (bicyclic) bond motifs is 1. The predicted octanol–water partition coefficient (Wildman–Crippen LogP) is 4.64. The average Bonchev–Trinajstić information content (AvgIpc) is 3.25. The van der Waals surface area contributed by atoms with Gasteiger partial charge in [-0.25, -0.2) is 4.79 Å². The van der Waals surface area contributed by atoms with E-state index in [1.807, 2.05) is 19.9 Å². The summed E-state index contributed by atoms with van der Waals surface area (Å²) in [7, 11) is 0.